The second-order valence-electron chi connectivity index (χ2n) is 5.84. The number of likely N-dealkylation sites (tertiary alicyclic amines) is 1. The smallest absolute Gasteiger partial charge is 0.0916 e. The first-order valence-corrected chi connectivity index (χ1v) is 7.53. The summed E-state index contributed by atoms with van der Waals surface area (Å²) in [6.45, 7) is 2.76. The number of nitrogens with zero attached hydrogens (tertiary/aromatic N) is 1. The highest BCUT2D eigenvalue weighted by molar-refractivity contribution is 5.39. The second kappa shape index (κ2) is 6.29. The van der Waals surface area contributed by atoms with Gasteiger partial charge in [0.05, 0.1) is 6.10 Å². The minimum atomic E-state index is -0.444. The molecular formula is C18H22N2O. The maximum atomic E-state index is 10.3. The number of nitrogen functional groups attached to an aromatic ring is 1. The Morgan fingerprint density at radius 2 is 1.81 bits per heavy atom. The van der Waals surface area contributed by atoms with E-state index in [0.717, 1.165) is 24.3 Å². The summed E-state index contributed by atoms with van der Waals surface area (Å²) >= 11 is 0. The molecule has 3 N–H and O–H groups in total. The number of aliphatic hydroxyl groups excluding tert-OH is 1. The third kappa shape index (κ3) is 3.43. The van der Waals surface area contributed by atoms with Gasteiger partial charge in [0.1, 0.15) is 0 Å². The van der Waals surface area contributed by atoms with Gasteiger partial charge in [-0.15, -0.1) is 0 Å². The van der Waals surface area contributed by atoms with E-state index in [1.54, 1.807) is 0 Å². The van der Waals surface area contributed by atoms with Crippen molar-refractivity contribution in [1.29, 1.82) is 0 Å². The molecule has 0 saturated carbocycles. The van der Waals surface area contributed by atoms with Crippen molar-refractivity contribution in [2.24, 2.45) is 0 Å². The highest BCUT2D eigenvalue weighted by Gasteiger charge is 2.25. The van der Waals surface area contributed by atoms with Gasteiger partial charge < -0.3 is 10.8 Å². The van der Waals surface area contributed by atoms with Crippen LogP contribution in [0.15, 0.2) is 54.6 Å². The fourth-order valence-corrected chi connectivity index (χ4v) is 3.06. The Morgan fingerprint density at radius 1 is 1.10 bits per heavy atom. The molecule has 1 saturated heterocycles. The number of anilines is 1. The Kier molecular flexibility index (Phi) is 4.23. The summed E-state index contributed by atoms with van der Waals surface area (Å²) < 4.78 is 0. The lowest BCUT2D eigenvalue weighted by Gasteiger charge is -2.20. The van der Waals surface area contributed by atoms with E-state index < -0.39 is 6.10 Å². The number of rotatable bonds is 4. The zero-order chi connectivity index (χ0) is 14.7. The monoisotopic (exact) mass is 282 g/mol. The third-order valence-corrected chi connectivity index (χ3v) is 4.30. The Bertz CT molecular complexity index is 568. The van der Waals surface area contributed by atoms with Gasteiger partial charge in [-0.2, -0.15) is 0 Å². The number of benzene rings is 2. The molecule has 3 nitrogen and oxygen atoms in total. The molecule has 1 aliphatic rings. The van der Waals surface area contributed by atoms with E-state index in [1.807, 2.05) is 24.3 Å². The summed E-state index contributed by atoms with van der Waals surface area (Å²) in [7, 11) is 0. The third-order valence-electron chi connectivity index (χ3n) is 4.30. The van der Waals surface area contributed by atoms with Gasteiger partial charge in [0.25, 0.3) is 0 Å². The van der Waals surface area contributed by atoms with Gasteiger partial charge >= 0.3 is 0 Å². The van der Waals surface area contributed by atoms with Crippen molar-refractivity contribution in [3.05, 3.63) is 65.7 Å². The lowest BCUT2D eigenvalue weighted by atomic mass is 9.99. The minimum absolute atomic E-state index is 0.444. The van der Waals surface area contributed by atoms with Crippen LogP contribution >= 0.6 is 0 Å². The molecule has 1 aliphatic heterocycles. The zero-order valence-electron chi connectivity index (χ0n) is 12.2. The van der Waals surface area contributed by atoms with E-state index in [0.29, 0.717) is 12.5 Å². The van der Waals surface area contributed by atoms with Crippen LogP contribution in [0.1, 0.15) is 29.6 Å². The molecule has 110 valence electrons. The largest absolute Gasteiger partial charge is 0.399 e. The van der Waals surface area contributed by atoms with Crippen LogP contribution in [-0.4, -0.2) is 29.6 Å². The maximum absolute atomic E-state index is 10.3. The van der Waals surface area contributed by atoms with Crippen LogP contribution in [-0.2, 0) is 0 Å². The van der Waals surface area contributed by atoms with E-state index in [1.165, 1.54) is 12.0 Å². The van der Waals surface area contributed by atoms with E-state index in [4.69, 9.17) is 5.73 Å². The fraction of sp³-hybridized carbons (Fsp3) is 0.333. The predicted molar refractivity (Wildman–Crippen MR) is 86.1 cm³/mol. The van der Waals surface area contributed by atoms with Crippen LogP contribution in [0, 0.1) is 0 Å². The molecule has 0 amide bonds. The Morgan fingerprint density at radius 3 is 2.52 bits per heavy atom. The van der Waals surface area contributed by atoms with E-state index >= 15 is 0 Å². The molecule has 0 bridgehead atoms. The average Bonchev–Trinajstić information content (AvgIpc) is 2.97. The molecule has 21 heavy (non-hydrogen) atoms. The van der Waals surface area contributed by atoms with Crippen LogP contribution < -0.4 is 5.73 Å². The zero-order valence-corrected chi connectivity index (χ0v) is 12.2. The van der Waals surface area contributed by atoms with Crippen molar-refractivity contribution in [3.63, 3.8) is 0 Å². The topological polar surface area (TPSA) is 49.5 Å². The first-order chi connectivity index (χ1) is 10.2. The molecule has 2 unspecified atom stereocenters. The maximum Gasteiger partial charge on any atom is 0.0916 e. The van der Waals surface area contributed by atoms with E-state index in [2.05, 4.69) is 35.2 Å². The van der Waals surface area contributed by atoms with Gasteiger partial charge in [0.15, 0.2) is 0 Å². The molecule has 0 aliphatic carbocycles. The molecule has 2 aromatic rings. The van der Waals surface area contributed by atoms with Crippen LogP contribution in [0.3, 0.4) is 0 Å². The van der Waals surface area contributed by atoms with Crippen molar-refractivity contribution in [2.75, 3.05) is 25.4 Å². The molecule has 0 radical (unpaired) electrons. The summed E-state index contributed by atoms with van der Waals surface area (Å²) in [6.07, 6.45) is 0.721. The van der Waals surface area contributed by atoms with E-state index in [9.17, 15) is 5.11 Å². The summed E-state index contributed by atoms with van der Waals surface area (Å²) in [5.74, 6) is 0.588. The standard InChI is InChI=1S/C18H22N2O/c19-17-8-6-15(7-9-17)18(21)13-20-11-10-16(12-20)14-4-2-1-3-5-14/h1-9,16,18,21H,10-13,19H2. The molecule has 2 aromatic carbocycles. The molecule has 0 aromatic heterocycles. The summed E-state index contributed by atoms with van der Waals surface area (Å²) in [5, 5.41) is 10.3. The van der Waals surface area contributed by atoms with Crippen LogP contribution in [0.4, 0.5) is 5.69 Å². The summed E-state index contributed by atoms with van der Waals surface area (Å²) in [4.78, 5) is 2.35. The van der Waals surface area contributed by atoms with Crippen molar-refractivity contribution < 1.29 is 5.11 Å². The number of hydrogen-bond donors (Lipinski definition) is 2. The first kappa shape index (κ1) is 14.1. The molecule has 3 heteroatoms. The number of nitrogens with two attached hydrogens (primary N) is 1. The Balaban J connectivity index is 1.58. The quantitative estimate of drug-likeness (QED) is 0.848. The number of aliphatic hydroxyl groups is 1. The molecule has 1 heterocycles. The van der Waals surface area contributed by atoms with Crippen LogP contribution in [0.5, 0.6) is 0 Å². The molecule has 0 spiro atoms. The summed E-state index contributed by atoms with van der Waals surface area (Å²) in [5.41, 5.74) is 8.76. The van der Waals surface area contributed by atoms with Crippen molar-refractivity contribution in [1.82, 2.24) is 4.90 Å². The van der Waals surface area contributed by atoms with Gasteiger partial charge in [-0.25, -0.2) is 0 Å². The highest BCUT2D eigenvalue weighted by atomic mass is 16.3. The van der Waals surface area contributed by atoms with Gasteiger partial charge in [-0.3, -0.25) is 4.90 Å². The SMILES string of the molecule is Nc1ccc(C(O)CN2CCC(c3ccccc3)C2)cc1. The average molecular weight is 282 g/mol. The first-order valence-electron chi connectivity index (χ1n) is 7.53. The van der Waals surface area contributed by atoms with Gasteiger partial charge in [0, 0.05) is 18.8 Å². The lowest BCUT2D eigenvalue weighted by Crippen LogP contribution is -2.26. The Hall–Kier alpha value is -1.84. The predicted octanol–water partition coefficient (Wildman–Crippen LogP) is 2.79. The molecule has 1 fully saturated rings. The van der Waals surface area contributed by atoms with Crippen LogP contribution in [0.25, 0.3) is 0 Å². The van der Waals surface area contributed by atoms with Gasteiger partial charge in [-0.05, 0) is 42.1 Å². The van der Waals surface area contributed by atoms with Crippen molar-refractivity contribution in [2.45, 2.75) is 18.4 Å². The minimum Gasteiger partial charge on any atom is -0.399 e. The Labute approximate surface area is 126 Å². The fourth-order valence-electron chi connectivity index (χ4n) is 3.06. The van der Waals surface area contributed by atoms with E-state index in [-0.39, 0.29) is 0 Å². The lowest BCUT2D eigenvalue weighted by molar-refractivity contribution is 0.125. The van der Waals surface area contributed by atoms with Crippen LogP contribution in [0.2, 0.25) is 0 Å². The summed E-state index contributed by atoms with van der Waals surface area (Å²) in [6, 6.07) is 18.2. The number of hydrogen-bond acceptors (Lipinski definition) is 3. The van der Waals surface area contributed by atoms with Crippen molar-refractivity contribution >= 4 is 5.69 Å². The van der Waals surface area contributed by atoms with Gasteiger partial charge in [0.2, 0.25) is 0 Å². The number of β-amino-alcohol motifs (C(OH)–C–C–N with tert-alkyl or cyclic N) is 1. The van der Waals surface area contributed by atoms with Crippen molar-refractivity contribution in [3.8, 4) is 0 Å². The second-order valence-corrected chi connectivity index (χ2v) is 5.84. The van der Waals surface area contributed by atoms with Gasteiger partial charge in [-0.1, -0.05) is 42.5 Å². The highest BCUT2D eigenvalue weighted by Crippen LogP contribution is 2.28. The normalized spacial score (nSPS) is 20.5. The molecule has 2 atom stereocenters. The molecular weight excluding hydrogens is 260 g/mol. The molecule has 3 rings (SSSR count).